The molecule has 2 rings (SSSR count). The Hall–Kier alpha value is -2.19. The van der Waals surface area contributed by atoms with Crippen molar-refractivity contribution in [2.24, 2.45) is 5.14 Å². The molecular formula is C13H13FN2O4S. The van der Waals surface area contributed by atoms with Gasteiger partial charge in [-0.1, -0.05) is 0 Å². The molecule has 0 spiro atoms. The molecule has 0 saturated carbocycles. The summed E-state index contributed by atoms with van der Waals surface area (Å²) in [6.07, 6.45) is 1.89. The Morgan fingerprint density at radius 1 is 1.33 bits per heavy atom. The average Bonchev–Trinajstić information content (AvgIpc) is 2.88. The Kier molecular flexibility index (Phi) is 4.39. The van der Waals surface area contributed by atoms with Crippen LogP contribution in [0.4, 0.5) is 10.1 Å². The summed E-state index contributed by atoms with van der Waals surface area (Å²) in [5, 5.41) is 7.36. The molecule has 0 unspecified atom stereocenters. The van der Waals surface area contributed by atoms with Crippen LogP contribution in [0.5, 0.6) is 0 Å². The largest absolute Gasteiger partial charge is 0.469 e. The summed E-state index contributed by atoms with van der Waals surface area (Å²) in [6, 6.07) is 6.28. The van der Waals surface area contributed by atoms with E-state index in [9.17, 15) is 17.6 Å². The van der Waals surface area contributed by atoms with E-state index >= 15 is 0 Å². The highest BCUT2D eigenvalue weighted by Gasteiger charge is 2.16. The van der Waals surface area contributed by atoms with Crippen LogP contribution in [0.2, 0.25) is 0 Å². The van der Waals surface area contributed by atoms with Gasteiger partial charge in [-0.2, -0.15) is 0 Å². The number of hydrogen-bond acceptors (Lipinski definition) is 4. The maximum Gasteiger partial charge on any atom is 0.240 e. The number of carbonyl (C=O) groups excluding carboxylic acids is 1. The van der Waals surface area contributed by atoms with Crippen LogP contribution in [0.25, 0.3) is 0 Å². The number of primary sulfonamides is 1. The van der Waals surface area contributed by atoms with Crippen LogP contribution in [-0.4, -0.2) is 14.3 Å². The highest BCUT2D eigenvalue weighted by atomic mass is 32.2. The Morgan fingerprint density at radius 2 is 2.10 bits per heavy atom. The van der Waals surface area contributed by atoms with Crippen molar-refractivity contribution in [2.45, 2.75) is 17.7 Å². The Balaban J connectivity index is 2.11. The molecule has 0 aliphatic heterocycles. The van der Waals surface area contributed by atoms with Gasteiger partial charge in [-0.05, 0) is 30.3 Å². The fourth-order valence-electron chi connectivity index (χ4n) is 1.75. The number of furan rings is 1. The van der Waals surface area contributed by atoms with Crippen LogP contribution in [-0.2, 0) is 21.2 Å². The van der Waals surface area contributed by atoms with Crippen molar-refractivity contribution in [1.29, 1.82) is 0 Å². The molecule has 0 radical (unpaired) electrons. The lowest BCUT2D eigenvalue weighted by atomic mass is 10.2. The molecule has 2 aromatic rings. The molecule has 0 saturated heterocycles. The van der Waals surface area contributed by atoms with Gasteiger partial charge in [0.2, 0.25) is 15.9 Å². The number of sulfonamides is 1. The summed E-state index contributed by atoms with van der Waals surface area (Å²) in [5.41, 5.74) is -0.179. The van der Waals surface area contributed by atoms with Crippen LogP contribution < -0.4 is 10.5 Å². The minimum Gasteiger partial charge on any atom is -0.469 e. The molecule has 0 aliphatic carbocycles. The quantitative estimate of drug-likeness (QED) is 0.876. The minimum absolute atomic E-state index is 0.0636. The van der Waals surface area contributed by atoms with Crippen LogP contribution in [0.15, 0.2) is 45.9 Å². The van der Waals surface area contributed by atoms with Gasteiger partial charge in [0.15, 0.2) is 0 Å². The third kappa shape index (κ3) is 4.14. The fraction of sp³-hybridized carbons (Fsp3) is 0.154. The zero-order valence-corrected chi connectivity index (χ0v) is 11.7. The van der Waals surface area contributed by atoms with Crippen molar-refractivity contribution in [3.05, 3.63) is 48.2 Å². The van der Waals surface area contributed by atoms with Gasteiger partial charge in [-0.25, -0.2) is 17.9 Å². The van der Waals surface area contributed by atoms with Crippen molar-refractivity contribution < 1.29 is 22.0 Å². The molecule has 1 aromatic carbocycles. The first-order chi connectivity index (χ1) is 9.86. The summed E-state index contributed by atoms with van der Waals surface area (Å²) in [6.45, 7) is 0. The Morgan fingerprint density at radius 3 is 2.71 bits per heavy atom. The van der Waals surface area contributed by atoms with Gasteiger partial charge in [0.25, 0.3) is 0 Å². The molecule has 0 fully saturated rings. The normalized spacial score (nSPS) is 11.3. The fourth-order valence-corrected chi connectivity index (χ4v) is 2.43. The predicted molar refractivity (Wildman–Crippen MR) is 73.4 cm³/mol. The molecular weight excluding hydrogens is 299 g/mol. The zero-order chi connectivity index (χ0) is 15.5. The van der Waals surface area contributed by atoms with Gasteiger partial charge in [-0.15, -0.1) is 0 Å². The number of aryl methyl sites for hydroxylation is 1. The first-order valence-electron chi connectivity index (χ1n) is 6.01. The molecule has 3 N–H and O–H groups in total. The van der Waals surface area contributed by atoms with Crippen LogP contribution in [0, 0.1) is 5.82 Å². The van der Waals surface area contributed by atoms with Gasteiger partial charge >= 0.3 is 0 Å². The molecule has 1 aromatic heterocycles. The van der Waals surface area contributed by atoms with E-state index in [2.05, 4.69) is 5.32 Å². The lowest BCUT2D eigenvalue weighted by Crippen LogP contribution is -2.18. The second-order valence-electron chi connectivity index (χ2n) is 4.31. The van der Waals surface area contributed by atoms with E-state index in [0.717, 1.165) is 18.2 Å². The number of hydrogen-bond donors (Lipinski definition) is 2. The lowest BCUT2D eigenvalue weighted by molar-refractivity contribution is -0.116. The van der Waals surface area contributed by atoms with Gasteiger partial charge < -0.3 is 9.73 Å². The van der Waals surface area contributed by atoms with Crippen molar-refractivity contribution >= 4 is 21.6 Å². The van der Waals surface area contributed by atoms with Crippen molar-refractivity contribution in [3.8, 4) is 0 Å². The number of halogens is 1. The van der Waals surface area contributed by atoms with E-state index in [4.69, 9.17) is 9.56 Å². The van der Waals surface area contributed by atoms with Gasteiger partial charge in [0.1, 0.15) is 16.5 Å². The zero-order valence-electron chi connectivity index (χ0n) is 10.9. The number of rotatable bonds is 5. The third-order valence-electron chi connectivity index (χ3n) is 2.70. The maximum atomic E-state index is 13.2. The first-order valence-corrected chi connectivity index (χ1v) is 7.55. The van der Waals surface area contributed by atoms with Crippen molar-refractivity contribution in [3.63, 3.8) is 0 Å². The molecule has 0 bridgehead atoms. The summed E-state index contributed by atoms with van der Waals surface area (Å²) >= 11 is 0. The van der Waals surface area contributed by atoms with Crippen LogP contribution in [0.1, 0.15) is 12.2 Å². The summed E-state index contributed by atoms with van der Waals surface area (Å²) in [5.74, 6) is -0.526. The number of nitrogens with two attached hydrogens (primary N) is 1. The van der Waals surface area contributed by atoms with Crippen molar-refractivity contribution in [2.75, 3.05) is 5.32 Å². The molecule has 0 atom stereocenters. The van der Waals surface area contributed by atoms with E-state index in [0.29, 0.717) is 12.2 Å². The molecule has 1 heterocycles. The van der Waals surface area contributed by atoms with E-state index in [-0.39, 0.29) is 17.0 Å². The number of nitrogens with one attached hydrogen (secondary N) is 1. The lowest BCUT2D eigenvalue weighted by Gasteiger charge is -2.09. The summed E-state index contributed by atoms with van der Waals surface area (Å²) in [4.78, 5) is 11.4. The van der Waals surface area contributed by atoms with Gasteiger partial charge in [0, 0.05) is 12.8 Å². The van der Waals surface area contributed by atoms with Crippen LogP contribution >= 0.6 is 0 Å². The maximum absolute atomic E-state index is 13.2. The smallest absolute Gasteiger partial charge is 0.240 e. The predicted octanol–water partition coefficient (Wildman–Crippen LogP) is 1.64. The minimum atomic E-state index is -4.05. The molecule has 21 heavy (non-hydrogen) atoms. The SMILES string of the molecule is NS(=O)(=O)c1ccc(F)cc1NC(=O)CCc1ccco1. The van der Waals surface area contributed by atoms with Crippen LogP contribution in [0.3, 0.4) is 0 Å². The second kappa shape index (κ2) is 6.06. The third-order valence-corrected chi connectivity index (χ3v) is 3.67. The van der Waals surface area contributed by atoms with E-state index in [1.807, 2.05) is 0 Å². The number of anilines is 1. The Labute approximate surface area is 120 Å². The summed E-state index contributed by atoms with van der Waals surface area (Å²) in [7, 11) is -4.05. The van der Waals surface area contributed by atoms with Gasteiger partial charge in [0.05, 0.1) is 12.0 Å². The van der Waals surface area contributed by atoms with E-state index in [1.165, 1.54) is 6.26 Å². The molecule has 112 valence electrons. The number of carbonyl (C=O) groups is 1. The Bertz CT molecular complexity index is 742. The van der Waals surface area contributed by atoms with Crippen molar-refractivity contribution in [1.82, 2.24) is 0 Å². The molecule has 0 aliphatic rings. The van der Waals surface area contributed by atoms with E-state index < -0.39 is 21.7 Å². The highest BCUT2D eigenvalue weighted by molar-refractivity contribution is 7.89. The number of amides is 1. The molecule has 8 heteroatoms. The molecule has 1 amide bonds. The second-order valence-corrected chi connectivity index (χ2v) is 5.84. The van der Waals surface area contributed by atoms with E-state index in [1.54, 1.807) is 12.1 Å². The highest BCUT2D eigenvalue weighted by Crippen LogP contribution is 2.21. The average molecular weight is 312 g/mol. The topological polar surface area (TPSA) is 102 Å². The first kappa shape index (κ1) is 15.2. The number of benzene rings is 1. The summed E-state index contributed by atoms with van der Waals surface area (Å²) < 4.78 is 41.0. The van der Waals surface area contributed by atoms with Gasteiger partial charge in [-0.3, -0.25) is 4.79 Å². The standard InChI is InChI=1S/C13H13FN2O4S/c14-9-3-5-12(21(15,18)19)11(8-9)16-13(17)6-4-10-2-1-7-20-10/h1-3,5,7-8H,4,6H2,(H,16,17)(H2,15,18,19). The monoisotopic (exact) mass is 312 g/mol. The molecule has 6 nitrogen and oxygen atoms in total.